The average molecular weight is 414 g/mol. The highest BCUT2D eigenvalue weighted by Crippen LogP contribution is 2.09. The summed E-state index contributed by atoms with van der Waals surface area (Å²) in [6, 6.07) is 16.2. The first kappa shape index (κ1) is 20.0. The van der Waals surface area contributed by atoms with E-state index < -0.39 is 23.2 Å². The van der Waals surface area contributed by atoms with E-state index in [1.54, 1.807) is 0 Å². The zero-order valence-electron chi connectivity index (χ0n) is 16.3. The number of aromatic nitrogens is 3. The van der Waals surface area contributed by atoms with Crippen LogP contribution in [0.1, 0.15) is 15.9 Å². The van der Waals surface area contributed by atoms with Crippen LogP contribution in [0.5, 0.6) is 0 Å². The number of carbonyl (C=O) groups excluding carboxylic acids is 2. The largest absolute Gasteiger partial charge is 0.342 e. The molecule has 0 aliphatic rings. The molecular weight excluding hydrogens is 396 g/mol. The number of carbonyl (C=O) groups is 2. The SMILES string of the molecule is O=CC(Cc1ccccc1)NC(=O)c1ccc(-n2c(=O)[nH]c3cnccc3c2=O)cc1. The average Bonchev–Trinajstić information content (AvgIpc) is 2.79. The summed E-state index contributed by atoms with van der Waals surface area (Å²) in [5, 5.41) is 3.01. The first-order chi connectivity index (χ1) is 15.1. The van der Waals surface area contributed by atoms with Crippen molar-refractivity contribution in [3.05, 3.63) is 105 Å². The van der Waals surface area contributed by atoms with Gasteiger partial charge in [-0.3, -0.25) is 14.6 Å². The molecule has 0 fully saturated rings. The van der Waals surface area contributed by atoms with Crippen LogP contribution in [0.2, 0.25) is 0 Å². The van der Waals surface area contributed by atoms with Gasteiger partial charge in [-0.1, -0.05) is 30.3 Å². The molecular formula is C23H18N4O4. The van der Waals surface area contributed by atoms with Crippen molar-refractivity contribution in [3.8, 4) is 5.69 Å². The van der Waals surface area contributed by atoms with Gasteiger partial charge in [-0.2, -0.15) is 0 Å². The van der Waals surface area contributed by atoms with Crippen LogP contribution in [0.25, 0.3) is 16.6 Å². The van der Waals surface area contributed by atoms with Crippen LogP contribution in [0.3, 0.4) is 0 Å². The Morgan fingerprint density at radius 3 is 2.52 bits per heavy atom. The topological polar surface area (TPSA) is 114 Å². The second kappa shape index (κ2) is 8.58. The van der Waals surface area contributed by atoms with E-state index >= 15 is 0 Å². The van der Waals surface area contributed by atoms with Gasteiger partial charge in [-0.15, -0.1) is 0 Å². The summed E-state index contributed by atoms with van der Waals surface area (Å²) in [7, 11) is 0. The highest BCUT2D eigenvalue weighted by molar-refractivity contribution is 5.95. The van der Waals surface area contributed by atoms with Crippen molar-refractivity contribution < 1.29 is 9.59 Å². The quantitative estimate of drug-likeness (QED) is 0.466. The molecule has 0 aliphatic carbocycles. The Labute approximate surface area is 176 Å². The Morgan fingerprint density at radius 1 is 1.06 bits per heavy atom. The number of rotatable bonds is 6. The first-order valence-electron chi connectivity index (χ1n) is 9.56. The zero-order valence-corrected chi connectivity index (χ0v) is 16.3. The van der Waals surface area contributed by atoms with E-state index in [0.29, 0.717) is 34.9 Å². The van der Waals surface area contributed by atoms with Gasteiger partial charge in [0.15, 0.2) is 0 Å². The number of hydrogen-bond donors (Lipinski definition) is 2. The number of H-pyrrole nitrogens is 1. The maximum Gasteiger partial charge on any atom is 0.333 e. The van der Waals surface area contributed by atoms with Crippen molar-refractivity contribution in [1.29, 1.82) is 0 Å². The fourth-order valence-corrected chi connectivity index (χ4v) is 3.31. The molecule has 8 nitrogen and oxygen atoms in total. The smallest absolute Gasteiger partial charge is 0.333 e. The molecule has 4 aromatic rings. The third kappa shape index (κ3) is 4.18. The zero-order chi connectivity index (χ0) is 21.8. The van der Waals surface area contributed by atoms with Crippen molar-refractivity contribution in [3.63, 3.8) is 0 Å². The molecule has 2 N–H and O–H groups in total. The summed E-state index contributed by atoms with van der Waals surface area (Å²) in [5.74, 6) is -0.426. The van der Waals surface area contributed by atoms with Gasteiger partial charge >= 0.3 is 5.69 Å². The lowest BCUT2D eigenvalue weighted by Crippen LogP contribution is -2.37. The molecule has 0 saturated carbocycles. The number of nitrogens with zero attached hydrogens (tertiary/aromatic N) is 2. The monoisotopic (exact) mass is 414 g/mol. The van der Waals surface area contributed by atoms with Gasteiger partial charge in [0, 0.05) is 11.8 Å². The van der Waals surface area contributed by atoms with E-state index in [0.717, 1.165) is 10.1 Å². The third-order valence-electron chi connectivity index (χ3n) is 4.87. The normalized spacial score (nSPS) is 11.7. The van der Waals surface area contributed by atoms with E-state index in [4.69, 9.17) is 0 Å². The molecule has 1 amide bonds. The number of pyridine rings is 1. The van der Waals surface area contributed by atoms with Crippen molar-refractivity contribution >= 4 is 23.1 Å². The van der Waals surface area contributed by atoms with Crippen LogP contribution in [0.4, 0.5) is 0 Å². The minimum absolute atomic E-state index is 0.304. The maximum atomic E-state index is 12.7. The molecule has 1 atom stereocenters. The molecule has 0 bridgehead atoms. The highest BCUT2D eigenvalue weighted by Gasteiger charge is 2.15. The van der Waals surface area contributed by atoms with Gasteiger partial charge < -0.3 is 15.1 Å². The van der Waals surface area contributed by atoms with Gasteiger partial charge in [-0.25, -0.2) is 9.36 Å². The van der Waals surface area contributed by atoms with Gasteiger partial charge in [0.25, 0.3) is 11.5 Å². The molecule has 31 heavy (non-hydrogen) atoms. The highest BCUT2D eigenvalue weighted by atomic mass is 16.2. The van der Waals surface area contributed by atoms with Crippen LogP contribution in [-0.4, -0.2) is 32.8 Å². The number of aldehydes is 1. The van der Waals surface area contributed by atoms with Gasteiger partial charge in [0.05, 0.1) is 28.8 Å². The van der Waals surface area contributed by atoms with Crippen LogP contribution >= 0.6 is 0 Å². The van der Waals surface area contributed by atoms with E-state index in [1.807, 2.05) is 30.3 Å². The number of nitrogens with one attached hydrogen (secondary N) is 2. The van der Waals surface area contributed by atoms with Crippen LogP contribution in [-0.2, 0) is 11.2 Å². The van der Waals surface area contributed by atoms with Crippen LogP contribution < -0.4 is 16.6 Å². The summed E-state index contributed by atoms with van der Waals surface area (Å²) in [4.78, 5) is 55.6. The molecule has 0 spiro atoms. The van der Waals surface area contributed by atoms with Crippen LogP contribution in [0, 0.1) is 0 Å². The maximum absolute atomic E-state index is 12.7. The van der Waals surface area contributed by atoms with E-state index in [9.17, 15) is 19.2 Å². The molecule has 1 unspecified atom stereocenters. The Bertz CT molecular complexity index is 1360. The second-order valence-corrected chi connectivity index (χ2v) is 6.94. The van der Waals surface area contributed by atoms with Crippen molar-refractivity contribution in [2.24, 2.45) is 0 Å². The van der Waals surface area contributed by atoms with Gasteiger partial charge in [0.1, 0.15) is 6.29 Å². The number of amides is 1. The Balaban J connectivity index is 1.56. The number of aromatic amines is 1. The minimum Gasteiger partial charge on any atom is -0.342 e. The van der Waals surface area contributed by atoms with E-state index in [1.165, 1.54) is 42.7 Å². The standard InChI is InChI=1S/C23H18N4O4/c28-14-17(12-15-4-2-1-3-5-15)25-21(29)16-6-8-18(9-7-16)27-22(30)19-10-11-24-13-20(19)26-23(27)31/h1-11,13-14,17H,12H2,(H,25,29)(H,26,31). The summed E-state index contributed by atoms with van der Waals surface area (Å²) >= 11 is 0. The van der Waals surface area contributed by atoms with Crippen molar-refractivity contribution in [2.45, 2.75) is 12.5 Å². The Kier molecular flexibility index (Phi) is 5.53. The molecule has 2 heterocycles. The second-order valence-electron chi connectivity index (χ2n) is 6.94. The summed E-state index contributed by atoms with van der Waals surface area (Å²) in [5.41, 5.74) is 0.813. The number of hydrogen-bond acceptors (Lipinski definition) is 5. The van der Waals surface area contributed by atoms with Gasteiger partial charge in [-0.05, 0) is 42.3 Å². The summed E-state index contributed by atoms with van der Waals surface area (Å²) < 4.78 is 0.994. The number of benzene rings is 2. The molecule has 0 aliphatic heterocycles. The van der Waals surface area contributed by atoms with E-state index in [-0.39, 0.29) is 0 Å². The van der Waals surface area contributed by atoms with Crippen LogP contribution in [0.15, 0.2) is 82.6 Å². The molecule has 4 rings (SSSR count). The lowest BCUT2D eigenvalue weighted by molar-refractivity contribution is -0.109. The fraction of sp³-hybridized carbons (Fsp3) is 0.0870. The molecule has 0 saturated heterocycles. The van der Waals surface area contributed by atoms with Crippen molar-refractivity contribution in [2.75, 3.05) is 0 Å². The molecule has 2 aromatic carbocycles. The molecule has 154 valence electrons. The Morgan fingerprint density at radius 2 is 1.81 bits per heavy atom. The number of fused-ring (bicyclic) bond motifs is 1. The van der Waals surface area contributed by atoms with E-state index in [2.05, 4.69) is 15.3 Å². The summed E-state index contributed by atoms with van der Waals surface area (Å²) in [6.07, 6.45) is 3.96. The first-order valence-corrected chi connectivity index (χ1v) is 9.56. The molecule has 0 radical (unpaired) electrons. The summed E-state index contributed by atoms with van der Waals surface area (Å²) in [6.45, 7) is 0. The Hall–Kier alpha value is -4.33. The molecule has 8 heteroatoms. The minimum atomic E-state index is -0.672. The fourth-order valence-electron chi connectivity index (χ4n) is 3.31. The predicted molar refractivity (Wildman–Crippen MR) is 115 cm³/mol. The van der Waals surface area contributed by atoms with Crippen molar-refractivity contribution in [1.82, 2.24) is 19.9 Å². The third-order valence-corrected chi connectivity index (χ3v) is 4.87. The lowest BCUT2D eigenvalue weighted by Gasteiger charge is -2.13. The molecule has 2 aromatic heterocycles. The van der Waals surface area contributed by atoms with Gasteiger partial charge in [0.2, 0.25) is 0 Å². The lowest BCUT2D eigenvalue weighted by atomic mass is 10.1. The predicted octanol–water partition coefficient (Wildman–Crippen LogP) is 1.61.